The van der Waals surface area contributed by atoms with E-state index in [1.165, 1.54) is 31.9 Å². The molecule has 3 aromatic carbocycles. The second-order valence-corrected chi connectivity index (χ2v) is 8.77. The quantitative estimate of drug-likeness (QED) is 0.354. The number of nitro benzene ring substituents is 1. The molecule has 1 atom stereocenters. The van der Waals surface area contributed by atoms with Gasteiger partial charge in [-0.2, -0.15) is 0 Å². The van der Waals surface area contributed by atoms with Crippen LogP contribution >= 0.6 is 0 Å². The fourth-order valence-corrected chi connectivity index (χ4v) is 4.58. The summed E-state index contributed by atoms with van der Waals surface area (Å²) in [6.07, 6.45) is 0.914. The summed E-state index contributed by atoms with van der Waals surface area (Å²) in [4.78, 5) is 28.7. The molecule has 0 saturated carbocycles. The highest BCUT2D eigenvalue weighted by atomic mass is 16.6. The first-order chi connectivity index (χ1) is 17.3. The van der Waals surface area contributed by atoms with E-state index in [1.54, 1.807) is 0 Å². The molecule has 0 aliphatic carbocycles. The van der Waals surface area contributed by atoms with Crippen molar-refractivity contribution in [3.63, 3.8) is 0 Å². The van der Waals surface area contributed by atoms with Crippen LogP contribution in [0.15, 0.2) is 60.7 Å². The number of ether oxygens (including phenoxy) is 2. The molecule has 0 saturated heterocycles. The molecule has 1 N–H and O–H groups in total. The van der Waals surface area contributed by atoms with Crippen molar-refractivity contribution in [1.29, 1.82) is 0 Å². The van der Waals surface area contributed by atoms with E-state index in [0.717, 1.165) is 29.9 Å². The monoisotopic (exact) mass is 490 g/mol. The van der Waals surface area contributed by atoms with Gasteiger partial charge in [0.2, 0.25) is 0 Å². The minimum Gasteiger partial charge on any atom is -0.493 e. The van der Waals surface area contributed by atoms with Crippen LogP contribution < -0.4 is 24.6 Å². The number of amides is 1. The summed E-state index contributed by atoms with van der Waals surface area (Å²) >= 11 is 0. The number of para-hydroxylation sites is 1. The number of hydrogen-bond acceptors (Lipinski definition) is 7. The zero-order chi connectivity index (χ0) is 25.8. The van der Waals surface area contributed by atoms with Crippen molar-refractivity contribution in [2.24, 2.45) is 0 Å². The molecule has 0 bridgehead atoms. The molecule has 0 radical (unpaired) electrons. The van der Waals surface area contributed by atoms with Gasteiger partial charge in [0.05, 0.1) is 31.3 Å². The standard InChI is InChI=1S/C27H30N4O5/c1-29(2)20-11-9-19(10-12-20)24(30-14-13-18-7-5-6-8-22(18)30)17-28-27(32)21-15-25(35-3)26(36-4)16-23(21)31(33)34/h5-12,15-16,24H,13-14,17H2,1-4H3,(H,28,32)/t24-/m1/s1. The van der Waals surface area contributed by atoms with Crippen LogP contribution in [0.25, 0.3) is 0 Å². The van der Waals surface area contributed by atoms with Crippen LogP contribution in [0, 0.1) is 10.1 Å². The molecule has 9 nitrogen and oxygen atoms in total. The number of methoxy groups -OCH3 is 2. The molecule has 188 valence electrons. The van der Waals surface area contributed by atoms with E-state index < -0.39 is 10.8 Å². The molecule has 0 spiro atoms. The minimum absolute atomic E-state index is 0.0822. The molecular weight excluding hydrogens is 460 g/mol. The predicted molar refractivity (Wildman–Crippen MR) is 140 cm³/mol. The van der Waals surface area contributed by atoms with E-state index in [4.69, 9.17) is 9.47 Å². The summed E-state index contributed by atoms with van der Waals surface area (Å²) in [5.41, 5.74) is 4.08. The first kappa shape index (κ1) is 24.8. The van der Waals surface area contributed by atoms with Crippen LogP contribution in [0.5, 0.6) is 11.5 Å². The fraction of sp³-hybridized carbons (Fsp3) is 0.296. The summed E-state index contributed by atoms with van der Waals surface area (Å²) in [6.45, 7) is 1.08. The largest absolute Gasteiger partial charge is 0.493 e. The summed E-state index contributed by atoms with van der Waals surface area (Å²) in [5.74, 6) is -0.115. The Morgan fingerprint density at radius 1 is 1.08 bits per heavy atom. The molecule has 1 aliphatic heterocycles. The Hall–Kier alpha value is -4.27. The molecule has 0 unspecified atom stereocenters. The van der Waals surface area contributed by atoms with Gasteiger partial charge in [0, 0.05) is 44.6 Å². The van der Waals surface area contributed by atoms with E-state index in [-0.39, 0.29) is 35.3 Å². The number of nitro groups is 1. The number of hydrogen-bond donors (Lipinski definition) is 1. The van der Waals surface area contributed by atoms with E-state index in [2.05, 4.69) is 34.5 Å². The molecule has 36 heavy (non-hydrogen) atoms. The lowest BCUT2D eigenvalue weighted by Gasteiger charge is -2.31. The van der Waals surface area contributed by atoms with Gasteiger partial charge in [-0.05, 0) is 35.7 Å². The maximum absolute atomic E-state index is 13.2. The van der Waals surface area contributed by atoms with Gasteiger partial charge in [-0.25, -0.2) is 0 Å². The number of nitrogens with one attached hydrogen (secondary N) is 1. The highest BCUT2D eigenvalue weighted by Gasteiger charge is 2.29. The van der Waals surface area contributed by atoms with Crippen LogP contribution in [0.3, 0.4) is 0 Å². The van der Waals surface area contributed by atoms with Crippen molar-refractivity contribution in [3.8, 4) is 11.5 Å². The molecule has 3 aromatic rings. The zero-order valence-electron chi connectivity index (χ0n) is 20.9. The van der Waals surface area contributed by atoms with Gasteiger partial charge in [-0.1, -0.05) is 30.3 Å². The molecule has 0 aromatic heterocycles. The van der Waals surface area contributed by atoms with Gasteiger partial charge in [0.15, 0.2) is 11.5 Å². The normalized spacial score (nSPS) is 13.1. The average molecular weight is 491 g/mol. The van der Waals surface area contributed by atoms with Crippen molar-refractivity contribution >= 4 is 23.0 Å². The molecule has 4 rings (SSSR count). The van der Waals surface area contributed by atoms with Crippen LogP contribution in [0.1, 0.15) is 27.5 Å². The van der Waals surface area contributed by atoms with Crippen molar-refractivity contribution in [2.45, 2.75) is 12.5 Å². The smallest absolute Gasteiger partial charge is 0.286 e. The number of benzene rings is 3. The summed E-state index contributed by atoms with van der Waals surface area (Å²) in [6, 6.07) is 18.9. The Labute approximate surface area is 210 Å². The zero-order valence-corrected chi connectivity index (χ0v) is 20.9. The van der Waals surface area contributed by atoms with Crippen LogP contribution in [0.4, 0.5) is 17.1 Å². The van der Waals surface area contributed by atoms with Crippen LogP contribution in [0.2, 0.25) is 0 Å². The van der Waals surface area contributed by atoms with Crippen molar-refractivity contribution in [1.82, 2.24) is 5.32 Å². The second-order valence-electron chi connectivity index (χ2n) is 8.77. The van der Waals surface area contributed by atoms with Crippen molar-refractivity contribution in [2.75, 3.05) is 51.2 Å². The number of fused-ring (bicyclic) bond motifs is 1. The van der Waals surface area contributed by atoms with Gasteiger partial charge in [-0.15, -0.1) is 0 Å². The van der Waals surface area contributed by atoms with Crippen molar-refractivity contribution < 1.29 is 19.2 Å². The minimum atomic E-state index is -0.592. The SMILES string of the molecule is COc1cc(C(=O)NC[C@H](c2ccc(N(C)C)cc2)N2CCc3ccccc32)c([N+](=O)[O-])cc1OC. The number of carbonyl (C=O) groups excluding carboxylic acids is 1. The maximum atomic E-state index is 13.2. The Bertz CT molecular complexity index is 1260. The Morgan fingerprint density at radius 3 is 2.39 bits per heavy atom. The number of anilines is 2. The first-order valence-electron chi connectivity index (χ1n) is 11.6. The van der Waals surface area contributed by atoms with Gasteiger partial charge in [0.1, 0.15) is 5.56 Å². The lowest BCUT2D eigenvalue weighted by Crippen LogP contribution is -2.37. The molecule has 9 heteroatoms. The van der Waals surface area contributed by atoms with Gasteiger partial charge in [0.25, 0.3) is 11.6 Å². The number of carbonyl (C=O) groups is 1. The third kappa shape index (κ3) is 4.91. The van der Waals surface area contributed by atoms with Gasteiger partial charge in [-0.3, -0.25) is 14.9 Å². The van der Waals surface area contributed by atoms with Gasteiger partial charge >= 0.3 is 0 Å². The molecule has 1 aliphatic rings. The summed E-state index contributed by atoms with van der Waals surface area (Å²) in [5, 5.41) is 14.6. The van der Waals surface area contributed by atoms with Crippen molar-refractivity contribution in [3.05, 3.63) is 87.5 Å². The lowest BCUT2D eigenvalue weighted by atomic mass is 10.0. The third-order valence-electron chi connectivity index (χ3n) is 6.49. The number of rotatable bonds is 9. The molecular formula is C27H30N4O5. The summed E-state index contributed by atoms with van der Waals surface area (Å²) in [7, 11) is 6.78. The maximum Gasteiger partial charge on any atom is 0.286 e. The van der Waals surface area contributed by atoms with E-state index in [0.29, 0.717) is 0 Å². The average Bonchev–Trinajstić information content (AvgIpc) is 3.32. The Kier molecular flexibility index (Phi) is 7.28. The third-order valence-corrected chi connectivity index (χ3v) is 6.49. The second kappa shape index (κ2) is 10.6. The molecule has 1 heterocycles. The first-order valence-corrected chi connectivity index (χ1v) is 11.6. The molecule has 0 fully saturated rings. The Balaban J connectivity index is 1.65. The fourth-order valence-electron chi connectivity index (χ4n) is 4.58. The lowest BCUT2D eigenvalue weighted by molar-refractivity contribution is -0.385. The van der Waals surface area contributed by atoms with Gasteiger partial charge < -0.3 is 24.6 Å². The van der Waals surface area contributed by atoms with E-state index in [1.807, 2.05) is 43.3 Å². The van der Waals surface area contributed by atoms with Crippen LogP contribution in [-0.2, 0) is 6.42 Å². The van der Waals surface area contributed by atoms with E-state index in [9.17, 15) is 14.9 Å². The highest BCUT2D eigenvalue weighted by Crippen LogP contribution is 2.36. The number of nitrogens with zero attached hydrogens (tertiary/aromatic N) is 3. The topological polar surface area (TPSA) is 97.2 Å². The molecule has 1 amide bonds. The van der Waals surface area contributed by atoms with E-state index >= 15 is 0 Å². The predicted octanol–water partition coefficient (Wildman–Crippen LogP) is 4.21. The summed E-state index contributed by atoms with van der Waals surface area (Å²) < 4.78 is 10.4. The Morgan fingerprint density at radius 2 is 1.75 bits per heavy atom. The van der Waals surface area contributed by atoms with Crippen LogP contribution in [-0.4, -0.2) is 52.2 Å². The highest BCUT2D eigenvalue weighted by molar-refractivity contribution is 5.99.